The number of fused-ring (bicyclic) bond motifs is 1. The first-order chi connectivity index (χ1) is 7.49. The molecule has 0 fully saturated rings. The number of ether oxygens (including phenoxy) is 1. The van der Waals surface area contributed by atoms with E-state index in [1.807, 2.05) is 6.92 Å². The van der Waals surface area contributed by atoms with Gasteiger partial charge in [-0.05, 0) is 18.6 Å². The summed E-state index contributed by atoms with van der Waals surface area (Å²) in [7, 11) is 0. The number of hydrogen-bond acceptors (Lipinski definition) is 5. The summed E-state index contributed by atoms with van der Waals surface area (Å²) in [5.74, 6) is -3.46. The number of carbonyl (C=O) groups excluding carboxylic acids is 1. The third kappa shape index (κ3) is 1.32. The van der Waals surface area contributed by atoms with E-state index in [4.69, 9.17) is 4.74 Å². The summed E-state index contributed by atoms with van der Waals surface area (Å²) < 4.78 is 4.84. The molecule has 1 heterocycles. The lowest BCUT2D eigenvalue weighted by atomic mass is 9.98. The summed E-state index contributed by atoms with van der Waals surface area (Å²) in [5, 5.41) is 28.9. The maximum absolute atomic E-state index is 11.5. The fraction of sp³-hybridized carbons (Fsp3) is 0.364. The topological polar surface area (TPSA) is 87.0 Å². The van der Waals surface area contributed by atoms with Crippen molar-refractivity contribution in [1.82, 2.24) is 0 Å². The average Bonchev–Trinajstić information content (AvgIpc) is 2.45. The molecule has 2 rings (SSSR count). The van der Waals surface area contributed by atoms with Crippen molar-refractivity contribution in [3.05, 3.63) is 23.3 Å². The minimum absolute atomic E-state index is 0.157. The highest BCUT2D eigenvalue weighted by Gasteiger charge is 2.45. The Morgan fingerprint density at radius 1 is 1.38 bits per heavy atom. The van der Waals surface area contributed by atoms with E-state index in [1.165, 1.54) is 12.1 Å². The second-order valence-corrected chi connectivity index (χ2v) is 3.78. The Morgan fingerprint density at radius 3 is 2.69 bits per heavy atom. The summed E-state index contributed by atoms with van der Waals surface area (Å²) >= 11 is 0. The van der Waals surface area contributed by atoms with Crippen molar-refractivity contribution in [2.24, 2.45) is 0 Å². The van der Waals surface area contributed by atoms with E-state index in [0.29, 0.717) is 6.42 Å². The molecule has 0 unspecified atom stereocenters. The van der Waals surface area contributed by atoms with Crippen molar-refractivity contribution in [3.8, 4) is 11.5 Å². The first-order valence-corrected chi connectivity index (χ1v) is 5.00. The predicted octanol–water partition coefficient (Wildman–Crippen LogP) is 1.21. The van der Waals surface area contributed by atoms with Gasteiger partial charge in [0.2, 0.25) is 5.79 Å². The molecule has 86 valence electrons. The van der Waals surface area contributed by atoms with E-state index in [2.05, 4.69) is 0 Å². The lowest BCUT2D eigenvalue weighted by molar-refractivity contribution is -0.167. The van der Waals surface area contributed by atoms with Gasteiger partial charge < -0.3 is 20.1 Å². The lowest BCUT2D eigenvalue weighted by Gasteiger charge is -2.21. The van der Waals surface area contributed by atoms with E-state index in [9.17, 15) is 20.1 Å². The Hall–Kier alpha value is -1.75. The largest absolute Gasteiger partial charge is 0.504 e. The first-order valence-electron chi connectivity index (χ1n) is 5.00. The molecule has 0 spiro atoms. The average molecular weight is 224 g/mol. The molecule has 0 amide bonds. The number of cyclic esters (lactones) is 1. The molecule has 0 radical (unpaired) electrons. The van der Waals surface area contributed by atoms with Gasteiger partial charge >= 0.3 is 5.97 Å². The monoisotopic (exact) mass is 224 g/mol. The number of hydrogen-bond donors (Lipinski definition) is 3. The van der Waals surface area contributed by atoms with Crippen molar-refractivity contribution in [2.45, 2.75) is 25.6 Å². The van der Waals surface area contributed by atoms with E-state index >= 15 is 0 Å². The van der Waals surface area contributed by atoms with Crippen LogP contribution in [0, 0.1) is 0 Å². The molecule has 0 aliphatic carbocycles. The number of rotatable bonds is 2. The van der Waals surface area contributed by atoms with Gasteiger partial charge in [-0.15, -0.1) is 0 Å². The van der Waals surface area contributed by atoms with Gasteiger partial charge in [-0.3, -0.25) is 0 Å². The molecule has 5 heteroatoms. The maximum Gasteiger partial charge on any atom is 0.345 e. The molecule has 0 bridgehead atoms. The van der Waals surface area contributed by atoms with E-state index in [1.54, 1.807) is 0 Å². The molecule has 1 aromatic rings. The Morgan fingerprint density at radius 2 is 2.06 bits per heavy atom. The molecule has 0 saturated carbocycles. The Balaban J connectivity index is 2.60. The summed E-state index contributed by atoms with van der Waals surface area (Å²) in [6, 6.07) is 2.60. The number of esters is 1. The number of phenolic OH excluding ortho intramolecular Hbond substituents is 2. The van der Waals surface area contributed by atoms with Crippen LogP contribution in [0.5, 0.6) is 11.5 Å². The molecular formula is C11H12O5. The Labute approximate surface area is 91.9 Å². The highest BCUT2D eigenvalue weighted by molar-refractivity contribution is 5.98. The summed E-state index contributed by atoms with van der Waals surface area (Å²) in [6.45, 7) is 1.84. The fourth-order valence-corrected chi connectivity index (χ4v) is 1.90. The van der Waals surface area contributed by atoms with Crippen LogP contribution in [-0.2, 0) is 10.5 Å². The maximum atomic E-state index is 11.5. The lowest BCUT2D eigenvalue weighted by Crippen LogP contribution is -2.25. The normalized spacial score (nSPS) is 23.0. The van der Waals surface area contributed by atoms with Gasteiger partial charge in [0.05, 0.1) is 0 Å². The molecule has 0 aromatic heterocycles. The SMILES string of the molecule is CCC[C@@]1(O)OC(=O)c2c1ccc(O)c2O. The molecule has 5 nitrogen and oxygen atoms in total. The predicted molar refractivity (Wildman–Crippen MR) is 54.0 cm³/mol. The molecular weight excluding hydrogens is 212 g/mol. The molecule has 1 aliphatic rings. The van der Waals surface area contributed by atoms with Crippen LogP contribution in [0.4, 0.5) is 0 Å². The Bertz CT molecular complexity index is 454. The van der Waals surface area contributed by atoms with Gasteiger partial charge in [0.1, 0.15) is 5.56 Å². The van der Waals surface area contributed by atoms with Crippen molar-refractivity contribution in [1.29, 1.82) is 0 Å². The van der Waals surface area contributed by atoms with Crippen molar-refractivity contribution < 1.29 is 24.9 Å². The van der Waals surface area contributed by atoms with Gasteiger partial charge in [0.15, 0.2) is 11.5 Å². The minimum Gasteiger partial charge on any atom is -0.504 e. The second-order valence-electron chi connectivity index (χ2n) is 3.78. The van der Waals surface area contributed by atoms with Crippen molar-refractivity contribution in [3.63, 3.8) is 0 Å². The molecule has 1 aromatic carbocycles. The summed E-state index contributed by atoms with van der Waals surface area (Å²) in [4.78, 5) is 11.5. The van der Waals surface area contributed by atoms with Gasteiger partial charge in [0.25, 0.3) is 0 Å². The number of carbonyl (C=O) groups is 1. The number of benzene rings is 1. The Kier molecular flexibility index (Phi) is 2.27. The van der Waals surface area contributed by atoms with Crippen LogP contribution in [0.25, 0.3) is 0 Å². The van der Waals surface area contributed by atoms with Gasteiger partial charge in [-0.1, -0.05) is 6.92 Å². The summed E-state index contributed by atoms with van der Waals surface area (Å²) in [5.41, 5.74) is 0.0469. The molecule has 1 atom stereocenters. The van der Waals surface area contributed by atoms with Gasteiger partial charge in [0, 0.05) is 12.0 Å². The number of aromatic hydroxyl groups is 2. The standard InChI is InChI=1S/C11H12O5/c1-2-5-11(15)6-3-4-7(12)9(13)8(6)10(14)16-11/h3-4,12-13,15H,2,5H2,1H3/t11-/m1/s1. The van der Waals surface area contributed by atoms with E-state index in [0.717, 1.165) is 0 Å². The summed E-state index contributed by atoms with van der Waals surface area (Å²) in [6.07, 6.45) is 0.862. The van der Waals surface area contributed by atoms with Crippen LogP contribution >= 0.6 is 0 Å². The highest BCUT2D eigenvalue weighted by Crippen LogP contribution is 2.44. The van der Waals surface area contributed by atoms with Crippen LogP contribution in [0.1, 0.15) is 35.7 Å². The zero-order valence-corrected chi connectivity index (χ0v) is 8.73. The fourth-order valence-electron chi connectivity index (χ4n) is 1.90. The zero-order valence-electron chi connectivity index (χ0n) is 8.73. The van der Waals surface area contributed by atoms with Crippen LogP contribution < -0.4 is 0 Å². The zero-order chi connectivity index (χ0) is 11.9. The van der Waals surface area contributed by atoms with Crippen LogP contribution in [0.15, 0.2) is 12.1 Å². The van der Waals surface area contributed by atoms with Crippen molar-refractivity contribution in [2.75, 3.05) is 0 Å². The molecule has 0 saturated heterocycles. The smallest absolute Gasteiger partial charge is 0.345 e. The van der Waals surface area contributed by atoms with Crippen LogP contribution in [0.2, 0.25) is 0 Å². The molecule has 1 aliphatic heterocycles. The highest BCUT2D eigenvalue weighted by atomic mass is 16.7. The second kappa shape index (κ2) is 3.38. The van der Waals surface area contributed by atoms with Crippen LogP contribution in [0.3, 0.4) is 0 Å². The van der Waals surface area contributed by atoms with Gasteiger partial charge in [-0.25, -0.2) is 4.79 Å². The third-order valence-electron chi connectivity index (χ3n) is 2.63. The quantitative estimate of drug-likeness (QED) is 0.519. The van der Waals surface area contributed by atoms with E-state index in [-0.39, 0.29) is 17.5 Å². The third-order valence-corrected chi connectivity index (χ3v) is 2.63. The minimum atomic E-state index is -1.69. The van der Waals surface area contributed by atoms with Crippen molar-refractivity contribution >= 4 is 5.97 Å². The first kappa shape index (κ1) is 10.8. The number of aliphatic hydroxyl groups is 1. The number of phenols is 2. The van der Waals surface area contributed by atoms with E-state index < -0.39 is 23.3 Å². The molecule has 3 N–H and O–H groups in total. The molecule has 16 heavy (non-hydrogen) atoms. The van der Waals surface area contributed by atoms with Gasteiger partial charge in [-0.2, -0.15) is 0 Å². The van der Waals surface area contributed by atoms with Crippen LogP contribution in [-0.4, -0.2) is 21.3 Å².